The molecule has 5 nitrogen and oxygen atoms in total. The van der Waals surface area contributed by atoms with Crippen molar-refractivity contribution in [2.45, 2.75) is 25.5 Å². The number of esters is 1. The molecule has 0 aromatic heterocycles. The number of nitrogens with two attached hydrogens (primary N) is 1. The summed E-state index contributed by atoms with van der Waals surface area (Å²) in [5.74, 6) is -1.61. The average molecular weight is 303 g/mol. The van der Waals surface area contributed by atoms with Gasteiger partial charge in [0.15, 0.2) is 9.84 Å². The summed E-state index contributed by atoms with van der Waals surface area (Å²) < 4.78 is 40.4. The molecular weight excluding hydrogens is 285 g/mol. The van der Waals surface area contributed by atoms with Gasteiger partial charge in [0, 0.05) is 5.69 Å². The third-order valence-electron chi connectivity index (χ3n) is 2.75. The Morgan fingerprint density at radius 3 is 2.45 bits per heavy atom. The molecule has 0 aliphatic carbocycles. The molecule has 0 heterocycles. The zero-order chi connectivity index (χ0) is 15.6. The van der Waals surface area contributed by atoms with E-state index < -0.39 is 26.4 Å². The van der Waals surface area contributed by atoms with Gasteiger partial charge in [-0.15, -0.1) is 0 Å². The molecule has 0 amide bonds. The minimum absolute atomic E-state index is 0.0135. The number of rotatable bonds is 4. The lowest BCUT2D eigenvalue weighted by atomic mass is 10.2. The van der Waals surface area contributed by atoms with Gasteiger partial charge in [-0.25, -0.2) is 17.6 Å². The van der Waals surface area contributed by atoms with Crippen LogP contribution < -0.4 is 5.73 Å². The van der Waals surface area contributed by atoms with Crippen LogP contribution in [-0.2, 0) is 14.6 Å². The van der Waals surface area contributed by atoms with Crippen LogP contribution in [0.15, 0.2) is 18.2 Å². The molecule has 20 heavy (non-hydrogen) atoms. The number of hydrogen-bond acceptors (Lipinski definition) is 5. The lowest BCUT2D eigenvalue weighted by molar-refractivity contribution is 0.0530. The van der Waals surface area contributed by atoms with E-state index in [9.17, 15) is 17.6 Å². The molecule has 0 saturated carbocycles. The molecule has 2 N–H and O–H groups in total. The third kappa shape index (κ3) is 3.93. The predicted octanol–water partition coefficient (Wildman–Crippen LogP) is 1.78. The largest absolute Gasteiger partial charge is 0.461 e. The molecule has 0 unspecified atom stereocenters. The van der Waals surface area contributed by atoms with Crippen LogP contribution in [-0.4, -0.2) is 31.5 Å². The van der Waals surface area contributed by atoms with E-state index in [0.29, 0.717) is 0 Å². The summed E-state index contributed by atoms with van der Waals surface area (Å²) in [6.45, 7) is 4.45. The first kappa shape index (κ1) is 16.4. The quantitative estimate of drug-likeness (QED) is 0.677. The SMILES string of the molecule is CC(C)(C)S(=O)(=O)CCOC(=O)c1ccc(F)cc1N. The molecule has 0 spiro atoms. The summed E-state index contributed by atoms with van der Waals surface area (Å²) in [5, 5.41) is 0. The lowest BCUT2D eigenvalue weighted by Gasteiger charge is -2.18. The van der Waals surface area contributed by atoms with Crippen molar-refractivity contribution in [2.75, 3.05) is 18.1 Å². The number of ether oxygens (including phenoxy) is 1. The molecular formula is C13H18FNO4S. The van der Waals surface area contributed by atoms with Crippen molar-refractivity contribution in [3.63, 3.8) is 0 Å². The highest BCUT2D eigenvalue weighted by Gasteiger charge is 2.29. The smallest absolute Gasteiger partial charge is 0.340 e. The Bertz CT molecular complexity index is 605. The molecule has 0 bridgehead atoms. The van der Waals surface area contributed by atoms with Gasteiger partial charge in [0.2, 0.25) is 0 Å². The van der Waals surface area contributed by atoms with E-state index in [1.54, 1.807) is 20.8 Å². The monoisotopic (exact) mass is 303 g/mol. The van der Waals surface area contributed by atoms with Gasteiger partial charge in [0.25, 0.3) is 0 Å². The molecule has 0 aliphatic heterocycles. The van der Waals surface area contributed by atoms with Crippen LogP contribution in [0, 0.1) is 5.82 Å². The van der Waals surface area contributed by atoms with Crippen LogP contribution in [0.4, 0.5) is 10.1 Å². The number of carbonyl (C=O) groups excluding carboxylic acids is 1. The summed E-state index contributed by atoms with van der Waals surface area (Å²) >= 11 is 0. The first-order valence-corrected chi connectivity index (χ1v) is 7.64. The molecule has 0 fully saturated rings. The van der Waals surface area contributed by atoms with E-state index in [4.69, 9.17) is 10.5 Å². The number of sulfone groups is 1. The number of hydrogen-bond donors (Lipinski definition) is 1. The number of halogens is 1. The van der Waals surface area contributed by atoms with Crippen molar-refractivity contribution < 1.29 is 22.3 Å². The zero-order valence-corrected chi connectivity index (χ0v) is 12.5. The van der Waals surface area contributed by atoms with Gasteiger partial charge >= 0.3 is 5.97 Å². The maximum atomic E-state index is 12.8. The van der Waals surface area contributed by atoms with Crippen LogP contribution in [0.2, 0.25) is 0 Å². The first-order chi connectivity index (χ1) is 9.04. The molecule has 0 radical (unpaired) electrons. The number of carbonyl (C=O) groups is 1. The van der Waals surface area contributed by atoms with Gasteiger partial charge in [-0.05, 0) is 39.0 Å². The van der Waals surface area contributed by atoms with Gasteiger partial charge in [-0.2, -0.15) is 0 Å². The van der Waals surface area contributed by atoms with Crippen LogP contribution in [0.1, 0.15) is 31.1 Å². The second kappa shape index (κ2) is 5.78. The van der Waals surface area contributed by atoms with Crippen molar-refractivity contribution in [3.05, 3.63) is 29.6 Å². The summed E-state index contributed by atoms with van der Waals surface area (Å²) in [6, 6.07) is 3.28. The topological polar surface area (TPSA) is 86.5 Å². The second-order valence-electron chi connectivity index (χ2n) is 5.30. The molecule has 0 aliphatic rings. The molecule has 112 valence electrons. The standard InChI is InChI=1S/C13H18FNO4S/c1-13(2,3)20(17,18)7-6-19-12(16)10-5-4-9(14)8-11(10)15/h4-5,8H,6-7,15H2,1-3H3. The Morgan fingerprint density at radius 1 is 1.35 bits per heavy atom. The van der Waals surface area contributed by atoms with Gasteiger partial charge in [-0.1, -0.05) is 0 Å². The second-order valence-corrected chi connectivity index (χ2v) is 8.16. The molecule has 0 atom stereocenters. The van der Waals surface area contributed by atoms with E-state index in [1.165, 1.54) is 6.07 Å². The normalized spacial score (nSPS) is 12.2. The van der Waals surface area contributed by atoms with Crippen LogP contribution >= 0.6 is 0 Å². The van der Waals surface area contributed by atoms with Gasteiger partial charge in [0.1, 0.15) is 12.4 Å². The molecule has 1 aromatic carbocycles. The Labute approximate surface area is 117 Å². The van der Waals surface area contributed by atoms with Crippen molar-refractivity contribution in [3.8, 4) is 0 Å². The van der Waals surface area contributed by atoms with Gasteiger partial charge in [0.05, 0.1) is 16.1 Å². The molecule has 1 aromatic rings. The summed E-state index contributed by atoms with van der Waals surface area (Å²) in [7, 11) is -3.36. The minimum atomic E-state index is -3.36. The van der Waals surface area contributed by atoms with Crippen molar-refractivity contribution in [1.29, 1.82) is 0 Å². The summed E-state index contributed by atoms with van der Waals surface area (Å²) in [4.78, 5) is 11.7. The fraction of sp³-hybridized carbons (Fsp3) is 0.462. The van der Waals surface area contributed by atoms with Crippen molar-refractivity contribution >= 4 is 21.5 Å². The van der Waals surface area contributed by atoms with Crippen molar-refractivity contribution in [1.82, 2.24) is 0 Å². The number of nitrogen functional groups attached to an aromatic ring is 1. The van der Waals surface area contributed by atoms with E-state index in [2.05, 4.69) is 0 Å². The van der Waals surface area contributed by atoms with Crippen LogP contribution in [0.5, 0.6) is 0 Å². The number of anilines is 1. The van der Waals surface area contributed by atoms with E-state index in [0.717, 1.165) is 12.1 Å². The zero-order valence-electron chi connectivity index (χ0n) is 11.6. The minimum Gasteiger partial charge on any atom is -0.461 e. The maximum absolute atomic E-state index is 12.8. The first-order valence-electron chi connectivity index (χ1n) is 5.99. The lowest BCUT2D eigenvalue weighted by Crippen LogP contribution is -2.32. The van der Waals surface area contributed by atoms with E-state index >= 15 is 0 Å². The Kier molecular flexibility index (Phi) is 4.75. The third-order valence-corrected chi connectivity index (χ3v) is 5.32. The van der Waals surface area contributed by atoms with E-state index in [-0.39, 0.29) is 23.6 Å². The molecule has 0 saturated heterocycles. The summed E-state index contributed by atoms with van der Waals surface area (Å²) in [5.41, 5.74) is 5.46. The van der Waals surface area contributed by atoms with E-state index in [1.807, 2.05) is 0 Å². The van der Waals surface area contributed by atoms with Gasteiger partial charge < -0.3 is 10.5 Å². The highest BCUT2D eigenvalue weighted by molar-refractivity contribution is 7.92. The Morgan fingerprint density at radius 2 is 1.95 bits per heavy atom. The highest BCUT2D eigenvalue weighted by Crippen LogP contribution is 2.17. The van der Waals surface area contributed by atoms with Gasteiger partial charge in [-0.3, -0.25) is 0 Å². The fourth-order valence-corrected chi connectivity index (χ4v) is 2.26. The summed E-state index contributed by atoms with van der Waals surface area (Å²) in [6.07, 6.45) is 0. The molecule has 1 rings (SSSR count). The van der Waals surface area contributed by atoms with Crippen LogP contribution in [0.25, 0.3) is 0 Å². The predicted molar refractivity (Wildman–Crippen MR) is 74.6 cm³/mol. The highest BCUT2D eigenvalue weighted by atomic mass is 32.2. The number of benzene rings is 1. The molecule has 7 heteroatoms. The maximum Gasteiger partial charge on any atom is 0.340 e. The Balaban J connectivity index is 2.66. The Hall–Kier alpha value is -1.63. The van der Waals surface area contributed by atoms with Crippen molar-refractivity contribution in [2.24, 2.45) is 0 Å². The average Bonchev–Trinajstić information content (AvgIpc) is 2.26. The fourth-order valence-electron chi connectivity index (χ4n) is 1.35. The van der Waals surface area contributed by atoms with Crippen LogP contribution in [0.3, 0.4) is 0 Å².